The van der Waals surface area contributed by atoms with E-state index in [1.165, 1.54) is 0 Å². The molecule has 0 radical (unpaired) electrons. The zero-order valence-electron chi connectivity index (χ0n) is 10.1. The van der Waals surface area contributed by atoms with E-state index in [4.69, 9.17) is 4.42 Å². The van der Waals surface area contributed by atoms with Crippen LogP contribution in [0, 0.1) is 3.77 Å². The lowest BCUT2D eigenvalue weighted by Gasteiger charge is -2.05. The number of nitrogens with zero attached hydrogens (tertiary/aromatic N) is 1. The lowest BCUT2D eigenvalue weighted by Crippen LogP contribution is -1.97. The van der Waals surface area contributed by atoms with E-state index in [0.717, 1.165) is 26.5 Å². The number of furan rings is 1. The van der Waals surface area contributed by atoms with Gasteiger partial charge in [0.15, 0.2) is 3.77 Å². The van der Waals surface area contributed by atoms with E-state index in [1.54, 1.807) is 6.20 Å². The second kappa shape index (κ2) is 5.48. The first-order chi connectivity index (χ1) is 9.31. The Labute approximate surface area is 124 Å². The van der Waals surface area contributed by atoms with Crippen LogP contribution >= 0.6 is 22.6 Å². The SMILES string of the molecule is Ic1ccc(CNc2ccc(-c3ccn[nH]3)cc2)o1. The number of halogens is 1. The molecular weight excluding hydrogens is 353 g/mol. The van der Waals surface area contributed by atoms with Crippen LogP contribution in [0.4, 0.5) is 5.69 Å². The van der Waals surface area contributed by atoms with Crippen molar-refractivity contribution < 1.29 is 4.42 Å². The molecule has 19 heavy (non-hydrogen) atoms. The maximum atomic E-state index is 5.50. The van der Waals surface area contributed by atoms with E-state index < -0.39 is 0 Å². The maximum absolute atomic E-state index is 5.50. The van der Waals surface area contributed by atoms with E-state index in [0.29, 0.717) is 6.54 Å². The van der Waals surface area contributed by atoms with Gasteiger partial charge in [-0.25, -0.2) is 0 Å². The van der Waals surface area contributed by atoms with Gasteiger partial charge in [0.2, 0.25) is 0 Å². The molecule has 0 unspecified atom stereocenters. The van der Waals surface area contributed by atoms with E-state index >= 15 is 0 Å². The lowest BCUT2D eigenvalue weighted by molar-refractivity contribution is 0.493. The third-order valence-electron chi connectivity index (χ3n) is 2.79. The highest BCUT2D eigenvalue weighted by atomic mass is 127. The highest BCUT2D eigenvalue weighted by molar-refractivity contribution is 14.1. The van der Waals surface area contributed by atoms with E-state index in [2.05, 4.69) is 50.2 Å². The van der Waals surface area contributed by atoms with Crippen LogP contribution in [-0.2, 0) is 6.54 Å². The third-order valence-corrected chi connectivity index (χ3v) is 3.37. The molecule has 0 aliphatic rings. The Morgan fingerprint density at radius 2 is 1.95 bits per heavy atom. The Morgan fingerprint density at radius 1 is 1.11 bits per heavy atom. The van der Waals surface area contributed by atoms with Crippen LogP contribution in [0.2, 0.25) is 0 Å². The molecule has 2 N–H and O–H groups in total. The highest BCUT2D eigenvalue weighted by Crippen LogP contribution is 2.19. The summed E-state index contributed by atoms with van der Waals surface area (Å²) in [5.41, 5.74) is 3.21. The molecule has 5 heteroatoms. The van der Waals surface area contributed by atoms with Gasteiger partial charge in [0, 0.05) is 11.9 Å². The van der Waals surface area contributed by atoms with Crippen LogP contribution in [0.5, 0.6) is 0 Å². The molecule has 0 aliphatic carbocycles. The third kappa shape index (κ3) is 2.98. The van der Waals surface area contributed by atoms with Gasteiger partial charge in [0.05, 0.1) is 12.2 Å². The minimum atomic E-state index is 0.687. The normalized spacial score (nSPS) is 10.6. The van der Waals surface area contributed by atoms with Gasteiger partial charge in [-0.3, -0.25) is 5.10 Å². The van der Waals surface area contributed by atoms with Gasteiger partial charge in [0.1, 0.15) is 5.76 Å². The minimum Gasteiger partial charge on any atom is -0.454 e. The summed E-state index contributed by atoms with van der Waals surface area (Å²) in [6.45, 7) is 0.687. The molecule has 3 rings (SSSR count). The first-order valence-corrected chi connectivity index (χ1v) is 6.97. The molecule has 2 aromatic heterocycles. The first kappa shape index (κ1) is 12.3. The quantitative estimate of drug-likeness (QED) is 0.690. The summed E-state index contributed by atoms with van der Waals surface area (Å²) in [6.07, 6.45) is 1.75. The number of aromatic nitrogens is 2. The number of hydrogen-bond acceptors (Lipinski definition) is 3. The number of hydrogen-bond donors (Lipinski definition) is 2. The van der Waals surface area contributed by atoms with Crippen molar-refractivity contribution in [2.45, 2.75) is 6.54 Å². The van der Waals surface area contributed by atoms with Crippen LogP contribution in [0.1, 0.15) is 5.76 Å². The zero-order valence-corrected chi connectivity index (χ0v) is 12.2. The zero-order chi connectivity index (χ0) is 13.1. The predicted molar refractivity (Wildman–Crippen MR) is 82.8 cm³/mol. The van der Waals surface area contributed by atoms with Crippen molar-refractivity contribution >= 4 is 28.3 Å². The molecule has 0 spiro atoms. The molecule has 1 aromatic carbocycles. The summed E-state index contributed by atoms with van der Waals surface area (Å²) in [4.78, 5) is 0. The number of nitrogens with one attached hydrogen (secondary N) is 2. The standard InChI is InChI=1S/C14H12IN3O/c15-14-6-5-12(19-14)9-16-11-3-1-10(2-4-11)13-7-8-17-18-13/h1-8,16H,9H2,(H,17,18). The molecule has 0 aliphatic heterocycles. The van der Waals surface area contributed by atoms with Gasteiger partial charge in [-0.15, -0.1) is 0 Å². The fraction of sp³-hybridized carbons (Fsp3) is 0.0714. The Bertz CT molecular complexity index is 644. The van der Waals surface area contributed by atoms with Gasteiger partial charge in [-0.1, -0.05) is 12.1 Å². The van der Waals surface area contributed by atoms with Crippen LogP contribution in [0.3, 0.4) is 0 Å². The molecule has 0 saturated heterocycles. The molecule has 0 atom stereocenters. The van der Waals surface area contributed by atoms with E-state index in [1.807, 2.05) is 30.3 Å². The number of aromatic amines is 1. The summed E-state index contributed by atoms with van der Waals surface area (Å²) < 4.78 is 6.41. The second-order valence-corrected chi connectivity index (χ2v) is 5.17. The molecule has 0 saturated carbocycles. The Kier molecular flexibility index (Phi) is 3.54. The highest BCUT2D eigenvalue weighted by Gasteiger charge is 2.01. The number of rotatable bonds is 4. The summed E-state index contributed by atoms with van der Waals surface area (Å²) in [5.74, 6) is 0.932. The summed E-state index contributed by atoms with van der Waals surface area (Å²) in [5, 5.41) is 10.2. The summed E-state index contributed by atoms with van der Waals surface area (Å²) in [7, 11) is 0. The van der Waals surface area contributed by atoms with Crippen molar-refractivity contribution in [2.75, 3.05) is 5.32 Å². The van der Waals surface area contributed by atoms with Crippen LogP contribution < -0.4 is 5.32 Å². The van der Waals surface area contributed by atoms with Crippen molar-refractivity contribution in [3.63, 3.8) is 0 Å². The summed E-state index contributed by atoms with van der Waals surface area (Å²) in [6, 6.07) is 14.1. The Hall–Kier alpha value is -1.76. The molecule has 96 valence electrons. The second-order valence-electron chi connectivity index (χ2n) is 4.11. The topological polar surface area (TPSA) is 53.9 Å². The van der Waals surface area contributed by atoms with E-state index in [-0.39, 0.29) is 0 Å². The summed E-state index contributed by atoms with van der Waals surface area (Å²) >= 11 is 2.16. The Balaban J connectivity index is 1.66. The molecule has 4 nitrogen and oxygen atoms in total. The molecule has 3 aromatic rings. The molecule has 0 fully saturated rings. The van der Waals surface area contributed by atoms with Gasteiger partial charge < -0.3 is 9.73 Å². The number of benzene rings is 1. The van der Waals surface area contributed by atoms with Crippen LogP contribution in [0.15, 0.2) is 53.1 Å². The fourth-order valence-electron chi connectivity index (χ4n) is 1.82. The average molecular weight is 365 g/mol. The van der Waals surface area contributed by atoms with Crippen LogP contribution in [-0.4, -0.2) is 10.2 Å². The van der Waals surface area contributed by atoms with Crippen molar-refractivity contribution in [3.8, 4) is 11.3 Å². The Morgan fingerprint density at radius 3 is 2.58 bits per heavy atom. The first-order valence-electron chi connectivity index (χ1n) is 5.89. The van der Waals surface area contributed by atoms with Crippen molar-refractivity contribution in [1.82, 2.24) is 10.2 Å². The monoisotopic (exact) mass is 365 g/mol. The molecule has 0 amide bonds. The van der Waals surface area contributed by atoms with Gasteiger partial charge in [-0.05, 0) is 58.5 Å². The minimum absolute atomic E-state index is 0.687. The molecule has 2 heterocycles. The smallest absolute Gasteiger partial charge is 0.164 e. The van der Waals surface area contributed by atoms with Gasteiger partial charge >= 0.3 is 0 Å². The predicted octanol–water partition coefficient (Wildman–Crippen LogP) is 3.89. The largest absolute Gasteiger partial charge is 0.454 e. The van der Waals surface area contributed by atoms with Gasteiger partial charge in [0.25, 0.3) is 0 Å². The van der Waals surface area contributed by atoms with Crippen LogP contribution in [0.25, 0.3) is 11.3 Å². The van der Waals surface area contributed by atoms with Crippen molar-refractivity contribution in [1.29, 1.82) is 0 Å². The van der Waals surface area contributed by atoms with Crippen molar-refractivity contribution in [2.24, 2.45) is 0 Å². The average Bonchev–Trinajstić information content (AvgIpc) is 3.08. The lowest BCUT2D eigenvalue weighted by atomic mass is 10.1. The number of H-pyrrole nitrogens is 1. The van der Waals surface area contributed by atoms with Gasteiger partial charge in [-0.2, -0.15) is 5.10 Å². The fourth-order valence-corrected chi connectivity index (χ4v) is 2.28. The molecule has 0 bridgehead atoms. The maximum Gasteiger partial charge on any atom is 0.164 e. The molecular formula is C14H12IN3O. The van der Waals surface area contributed by atoms with E-state index in [9.17, 15) is 0 Å². The number of anilines is 1. The van der Waals surface area contributed by atoms with Crippen molar-refractivity contribution in [3.05, 3.63) is 58.2 Å².